The fraction of sp³-hybridized carbons (Fsp3) is 0.160. The number of halogens is 1. The molecular weight excluding hydrogens is 500 g/mol. The van der Waals surface area contributed by atoms with Crippen molar-refractivity contribution < 1.29 is 19.0 Å². The molecule has 0 aliphatic carbocycles. The van der Waals surface area contributed by atoms with Gasteiger partial charge in [-0.15, -0.1) is 10.2 Å². The molecule has 0 spiro atoms. The Morgan fingerprint density at radius 3 is 2.27 bits per heavy atom. The molecule has 0 saturated carbocycles. The molecule has 5 aromatic rings. The zero-order chi connectivity index (χ0) is 26.3. The van der Waals surface area contributed by atoms with Crippen LogP contribution >= 0.6 is 11.6 Å². The van der Waals surface area contributed by atoms with E-state index < -0.39 is 11.5 Å². The maximum Gasteiger partial charge on any atom is 0.299 e. The highest BCUT2D eigenvalue weighted by atomic mass is 35.5. The molecule has 0 aliphatic rings. The number of hydrogen-bond acceptors (Lipinski definition) is 8. The van der Waals surface area contributed by atoms with Gasteiger partial charge in [0.2, 0.25) is 5.75 Å². The van der Waals surface area contributed by atoms with Crippen LogP contribution in [0.2, 0.25) is 5.02 Å². The average Bonchev–Trinajstić information content (AvgIpc) is 3.25. The standard InChI is InChI=1S/C25H21ClN6O5/c1-13-20(14-5-7-16(26)8-6-14)23-28-27-21-17(32(23)29-13)9-10-31(25(21)34)30-24(33)15-11-18(35-2)22(37-4)19(12-15)36-3/h5-12H,1-4H3,(H,30,33). The fourth-order valence-electron chi connectivity index (χ4n) is 4.08. The van der Waals surface area contributed by atoms with Crippen molar-refractivity contribution in [2.24, 2.45) is 0 Å². The summed E-state index contributed by atoms with van der Waals surface area (Å²) in [5.41, 5.74) is 5.51. The van der Waals surface area contributed by atoms with E-state index in [-0.39, 0.29) is 11.1 Å². The maximum atomic E-state index is 13.2. The Kier molecular flexibility index (Phi) is 6.14. The number of rotatable bonds is 6. The molecule has 3 heterocycles. The van der Waals surface area contributed by atoms with Crippen molar-refractivity contribution in [1.29, 1.82) is 0 Å². The van der Waals surface area contributed by atoms with E-state index in [1.165, 1.54) is 39.7 Å². The quantitative estimate of drug-likeness (QED) is 0.361. The molecule has 12 heteroatoms. The van der Waals surface area contributed by atoms with Crippen molar-refractivity contribution in [2.45, 2.75) is 6.92 Å². The summed E-state index contributed by atoms with van der Waals surface area (Å²) in [6, 6.07) is 11.9. The van der Waals surface area contributed by atoms with Gasteiger partial charge in [0.25, 0.3) is 11.5 Å². The topological polar surface area (TPSA) is 122 Å². The second-order valence-corrected chi connectivity index (χ2v) is 8.42. The highest BCUT2D eigenvalue weighted by Crippen LogP contribution is 2.38. The third-order valence-electron chi connectivity index (χ3n) is 5.84. The molecule has 1 amide bonds. The van der Waals surface area contributed by atoms with Gasteiger partial charge in [0, 0.05) is 16.8 Å². The SMILES string of the molecule is COc1cc(C(=O)Nn2ccc3c(nnc4c(-c5ccc(Cl)cc5)c(C)nn43)c2=O)cc(OC)c1OC. The van der Waals surface area contributed by atoms with Crippen molar-refractivity contribution in [3.8, 4) is 28.4 Å². The number of nitrogens with one attached hydrogen (secondary N) is 1. The van der Waals surface area contributed by atoms with E-state index in [1.54, 1.807) is 22.7 Å². The number of carbonyl (C=O) groups excluding carboxylic acids is 1. The first-order chi connectivity index (χ1) is 17.9. The number of nitrogens with zero attached hydrogens (tertiary/aromatic N) is 5. The number of carbonyl (C=O) groups is 1. The number of aromatic nitrogens is 5. The smallest absolute Gasteiger partial charge is 0.299 e. The minimum Gasteiger partial charge on any atom is -0.493 e. The molecule has 1 N–H and O–H groups in total. The van der Waals surface area contributed by atoms with Gasteiger partial charge in [0.15, 0.2) is 22.7 Å². The first-order valence-electron chi connectivity index (χ1n) is 11.0. The summed E-state index contributed by atoms with van der Waals surface area (Å²) in [6.07, 6.45) is 1.43. The highest BCUT2D eigenvalue weighted by Gasteiger charge is 2.20. The van der Waals surface area contributed by atoms with Gasteiger partial charge < -0.3 is 14.2 Å². The molecule has 0 bridgehead atoms. The molecule has 37 heavy (non-hydrogen) atoms. The van der Waals surface area contributed by atoms with Crippen LogP contribution in [0.25, 0.3) is 27.8 Å². The van der Waals surface area contributed by atoms with E-state index in [4.69, 9.17) is 25.8 Å². The average molecular weight is 521 g/mol. The number of aryl methyl sites for hydroxylation is 1. The monoisotopic (exact) mass is 520 g/mol. The molecule has 2 aromatic carbocycles. The molecule has 0 atom stereocenters. The number of amides is 1. The molecule has 0 aliphatic heterocycles. The van der Waals surface area contributed by atoms with Gasteiger partial charge in [0.1, 0.15) is 5.52 Å². The lowest BCUT2D eigenvalue weighted by Crippen LogP contribution is -2.33. The molecule has 188 valence electrons. The summed E-state index contributed by atoms with van der Waals surface area (Å²) in [6.45, 7) is 1.85. The van der Waals surface area contributed by atoms with Crippen molar-refractivity contribution >= 4 is 34.2 Å². The largest absolute Gasteiger partial charge is 0.493 e. The molecule has 0 fully saturated rings. The van der Waals surface area contributed by atoms with E-state index in [9.17, 15) is 9.59 Å². The van der Waals surface area contributed by atoms with E-state index in [2.05, 4.69) is 20.7 Å². The van der Waals surface area contributed by atoms with E-state index in [1.807, 2.05) is 19.1 Å². The summed E-state index contributed by atoms with van der Waals surface area (Å²) in [5, 5.41) is 13.6. The predicted octanol–water partition coefficient (Wildman–Crippen LogP) is 3.48. The lowest BCUT2D eigenvalue weighted by Gasteiger charge is -2.14. The van der Waals surface area contributed by atoms with Crippen LogP contribution in [0.15, 0.2) is 53.5 Å². The Morgan fingerprint density at radius 2 is 1.65 bits per heavy atom. The van der Waals surface area contributed by atoms with Crippen molar-refractivity contribution in [1.82, 2.24) is 24.5 Å². The van der Waals surface area contributed by atoms with Crippen molar-refractivity contribution in [3.05, 3.63) is 75.3 Å². The van der Waals surface area contributed by atoms with Gasteiger partial charge >= 0.3 is 0 Å². The number of ether oxygens (including phenoxy) is 3. The summed E-state index contributed by atoms with van der Waals surface area (Å²) in [4.78, 5) is 26.2. The van der Waals surface area contributed by atoms with Crippen LogP contribution in [0.1, 0.15) is 16.1 Å². The van der Waals surface area contributed by atoms with Gasteiger partial charge in [-0.2, -0.15) is 5.10 Å². The summed E-state index contributed by atoms with van der Waals surface area (Å²) < 4.78 is 18.5. The number of methoxy groups -OCH3 is 3. The van der Waals surface area contributed by atoms with Crippen LogP contribution < -0.4 is 25.2 Å². The lowest BCUT2D eigenvalue weighted by molar-refractivity contribution is 0.101. The number of pyridine rings is 1. The van der Waals surface area contributed by atoms with Gasteiger partial charge in [-0.05, 0) is 42.8 Å². The molecule has 0 unspecified atom stereocenters. The second-order valence-electron chi connectivity index (χ2n) is 7.98. The normalized spacial score (nSPS) is 11.1. The van der Waals surface area contributed by atoms with Gasteiger partial charge in [-0.3, -0.25) is 15.0 Å². The van der Waals surface area contributed by atoms with Crippen molar-refractivity contribution in [2.75, 3.05) is 26.8 Å². The number of hydrogen-bond donors (Lipinski definition) is 1. The molecule has 3 aromatic heterocycles. The third kappa shape index (κ3) is 4.08. The van der Waals surface area contributed by atoms with Gasteiger partial charge in [-0.25, -0.2) is 9.19 Å². The molecule has 5 rings (SSSR count). The molecular formula is C25H21ClN6O5. The molecule has 11 nitrogen and oxygen atoms in total. The highest BCUT2D eigenvalue weighted by molar-refractivity contribution is 6.30. The Labute approximate surface area is 215 Å². The van der Waals surface area contributed by atoms with Crippen LogP contribution in [-0.2, 0) is 0 Å². The van der Waals surface area contributed by atoms with Gasteiger partial charge in [0.05, 0.1) is 32.6 Å². The van der Waals surface area contributed by atoms with Crippen LogP contribution in [0.4, 0.5) is 0 Å². The van der Waals surface area contributed by atoms with Crippen LogP contribution in [-0.4, -0.2) is 51.7 Å². The lowest BCUT2D eigenvalue weighted by atomic mass is 10.1. The Bertz CT molecular complexity index is 1700. The molecule has 0 saturated heterocycles. The fourth-order valence-corrected chi connectivity index (χ4v) is 4.21. The van der Waals surface area contributed by atoms with Gasteiger partial charge in [-0.1, -0.05) is 23.7 Å². The maximum absolute atomic E-state index is 13.2. The minimum atomic E-state index is -0.575. The van der Waals surface area contributed by atoms with E-state index >= 15 is 0 Å². The Hall–Kier alpha value is -4.64. The van der Waals surface area contributed by atoms with Crippen LogP contribution in [0, 0.1) is 6.92 Å². The minimum absolute atomic E-state index is 0.0327. The first kappa shape index (κ1) is 24.1. The number of fused-ring (bicyclic) bond motifs is 3. The third-order valence-corrected chi connectivity index (χ3v) is 6.09. The van der Waals surface area contributed by atoms with Crippen molar-refractivity contribution in [3.63, 3.8) is 0 Å². The number of benzene rings is 2. The van der Waals surface area contributed by atoms with Crippen LogP contribution in [0.5, 0.6) is 17.2 Å². The Morgan fingerprint density at radius 1 is 0.973 bits per heavy atom. The zero-order valence-corrected chi connectivity index (χ0v) is 21.0. The Balaban J connectivity index is 1.55. The zero-order valence-electron chi connectivity index (χ0n) is 20.3. The summed E-state index contributed by atoms with van der Waals surface area (Å²) in [7, 11) is 4.36. The van der Waals surface area contributed by atoms with E-state index in [0.29, 0.717) is 39.1 Å². The first-order valence-corrected chi connectivity index (χ1v) is 11.4. The second kappa shape index (κ2) is 9.43. The predicted molar refractivity (Wildman–Crippen MR) is 138 cm³/mol. The summed E-state index contributed by atoms with van der Waals surface area (Å²) >= 11 is 6.03. The summed E-state index contributed by atoms with van der Waals surface area (Å²) in [5.74, 6) is 0.374. The molecule has 0 radical (unpaired) electrons. The van der Waals surface area contributed by atoms with Crippen LogP contribution in [0.3, 0.4) is 0 Å². The van der Waals surface area contributed by atoms with E-state index in [0.717, 1.165) is 15.8 Å².